The lowest BCUT2D eigenvalue weighted by Gasteiger charge is -2.40. The summed E-state index contributed by atoms with van der Waals surface area (Å²) in [4.78, 5) is 26.0. The number of aryl methyl sites for hydroxylation is 1. The second kappa shape index (κ2) is 10.7. The molecule has 8 heteroatoms. The molecule has 2 aromatic carbocycles. The van der Waals surface area contributed by atoms with Crippen LogP contribution >= 0.6 is 0 Å². The maximum atomic E-state index is 13.1. The van der Waals surface area contributed by atoms with E-state index in [1.165, 1.54) is 6.42 Å². The highest BCUT2D eigenvalue weighted by atomic mass is 16.6. The molecule has 3 atom stereocenters. The molecule has 1 amide bonds. The molecule has 0 bridgehead atoms. The van der Waals surface area contributed by atoms with E-state index < -0.39 is 0 Å². The van der Waals surface area contributed by atoms with E-state index >= 15 is 0 Å². The number of para-hydroxylation sites is 1. The van der Waals surface area contributed by atoms with Crippen molar-refractivity contribution in [2.45, 2.75) is 63.1 Å². The van der Waals surface area contributed by atoms with Gasteiger partial charge in [-0.3, -0.25) is 14.9 Å². The number of nitro benzene ring substituents is 1. The van der Waals surface area contributed by atoms with Gasteiger partial charge in [0.2, 0.25) is 5.91 Å². The molecule has 8 nitrogen and oxygen atoms in total. The van der Waals surface area contributed by atoms with E-state index in [4.69, 9.17) is 0 Å². The van der Waals surface area contributed by atoms with Gasteiger partial charge >= 0.3 is 0 Å². The van der Waals surface area contributed by atoms with Crippen LogP contribution in [0.15, 0.2) is 54.7 Å². The Morgan fingerprint density at radius 2 is 1.78 bits per heavy atom. The number of nitrogens with zero attached hydrogens (tertiary/aromatic N) is 3. The van der Waals surface area contributed by atoms with Gasteiger partial charge in [0, 0.05) is 73.2 Å². The van der Waals surface area contributed by atoms with Crippen LogP contribution in [-0.4, -0.2) is 46.6 Å². The van der Waals surface area contributed by atoms with Gasteiger partial charge in [-0.2, -0.15) is 0 Å². The largest absolute Gasteiger partial charge is 0.370 e. The molecule has 2 fully saturated rings. The molecule has 1 saturated carbocycles. The maximum Gasteiger partial charge on any atom is 0.269 e. The van der Waals surface area contributed by atoms with E-state index in [1.807, 2.05) is 31.3 Å². The maximum absolute atomic E-state index is 13.1. The zero-order valence-corrected chi connectivity index (χ0v) is 20.9. The normalized spacial score (nSPS) is 22.5. The number of anilines is 1. The van der Waals surface area contributed by atoms with Crippen LogP contribution in [0.5, 0.6) is 0 Å². The minimum absolute atomic E-state index is 0.0844. The highest BCUT2D eigenvalue weighted by Crippen LogP contribution is 2.26. The summed E-state index contributed by atoms with van der Waals surface area (Å²) in [5.41, 5.74) is 3.36. The van der Waals surface area contributed by atoms with Crippen LogP contribution in [0.4, 0.5) is 11.4 Å². The predicted octanol–water partition coefficient (Wildman–Crippen LogP) is 4.32. The molecule has 5 rings (SSSR count). The van der Waals surface area contributed by atoms with Crippen LogP contribution in [0.25, 0.3) is 10.9 Å². The van der Waals surface area contributed by atoms with Crippen molar-refractivity contribution in [3.63, 3.8) is 0 Å². The third kappa shape index (κ3) is 5.38. The molecule has 36 heavy (non-hydrogen) atoms. The summed E-state index contributed by atoms with van der Waals surface area (Å²) < 4.78 is 2.09. The second-order valence-electron chi connectivity index (χ2n) is 10.2. The monoisotopic (exact) mass is 489 g/mol. The topological polar surface area (TPSA) is 92.4 Å². The molecule has 0 spiro atoms. The van der Waals surface area contributed by atoms with E-state index in [0.29, 0.717) is 12.5 Å². The van der Waals surface area contributed by atoms with Gasteiger partial charge < -0.3 is 20.1 Å². The summed E-state index contributed by atoms with van der Waals surface area (Å²) in [5.74, 6) is 0.0844. The number of carbonyl (C=O) groups is 1. The van der Waals surface area contributed by atoms with Crippen molar-refractivity contribution >= 4 is 28.2 Å². The van der Waals surface area contributed by atoms with E-state index in [0.717, 1.165) is 67.3 Å². The molecule has 1 aliphatic carbocycles. The molecular weight excluding hydrogens is 454 g/mol. The van der Waals surface area contributed by atoms with Gasteiger partial charge in [0.1, 0.15) is 0 Å². The SMILES string of the molecule is Cn1cc(CC(=O)N[C@@H]2CCCC[C@H]2NC2CCCN(c3ccc([N+](=O)[O-])cc3)C2)c2ccccc21. The predicted molar refractivity (Wildman–Crippen MR) is 142 cm³/mol. The standard InChI is InChI=1S/C28H35N5O3/c1-31-18-20(24-8-2-5-11-27(24)31)17-28(34)30-26-10-4-3-9-25(26)29-21-7-6-16-32(19-21)22-12-14-23(15-13-22)33(35)36/h2,5,8,11-15,18,21,25-26,29H,3-4,6-7,9-10,16-17,19H2,1H3,(H,30,34)/t21?,25-,26-/m1/s1. The molecule has 2 heterocycles. The Balaban J connectivity index is 1.20. The highest BCUT2D eigenvalue weighted by molar-refractivity contribution is 5.89. The van der Waals surface area contributed by atoms with E-state index in [9.17, 15) is 14.9 Å². The van der Waals surface area contributed by atoms with Crippen molar-refractivity contribution in [1.82, 2.24) is 15.2 Å². The number of nitro groups is 1. The second-order valence-corrected chi connectivity index (χ2v) is 10.2. The fraction of sp³-hybridized carbons (Fsp3) is 0.464. The Labute approximate surface area is 211 Å². The Kier molecular flexibility index (Phi) is 7.23. The van der Waals surface area contributed by atoms with Crippen molar-refractivity contribution in [3.05, 3.63) is 70.4 Å². The first kappa shape index (κ1) is 24.3. The first-order valence-electron chi connectivity index (χ1n) is 13.1. The molecule has 1 aromatic heterocycles. The van der Waals surface area contributed by atoms with E-state index in [1.54, 1.807) is 12.1 Å². The lowest BCUT2D eigenvalue weighted by molar-refractivity contribution is -0.384. The molecule has 1 unspecified atom stereocenters. The third-order valence-corrected chi connectivity index (χ3v) is 7.74. The lowest BCUT2D eigenvalue weighted by Crippen LogP contribution is -2.57. The minimum Gasteiger partial charge on any atom is -0.370 e. The molecule has 1 aliphatic heterocycles. The fourth-order valence-corrected chi connectivity index (χ4v) is 5.94. The van der Waals surface area contributed by atoms with Crippen LogP contribution in [0.2, 0.25) is 0 Å². The number of benzene rings is 2. The highest BCUT2D eigenvalue weighted by Gasteiger charge is 2.30. The summed E-state index contributed by atoms with van der Waals surface area (Å²) in [6, 6.07) is 15.8. The van der Waals surface area contributed by atoms with Gasteiger partial charge in [-0.15, -0.1) is 0 Å². The number of aromatic nitrogens is 1. The first-order chi connectivity index (χ1) is 17.5. The number of rotatable bonds is 7. The van der Waals surface area contributed by atoms with Crippen LogP contribution in [0.3, 0.4) is 0 Å². The van der Waals surface area contributed by atoms with Crippen LogP contribution in [0.1, 0.15) is 44.1 Å². The van der Waals surface area contributed by atoms with E-state index in [-0.39, 0.29) is 28.6 Å². The number of fused-ring (bicyclic) bond motifs is 1. The summed E-state index contributed by atoms with van der Waals surface area (Å²) in [5, 5.41) is 19.3. The average molecular weight is 490 g/mol. The van der Waals surface area contributed by atoms with Crippen LogP contribution in [0, 0.1) is 10.1 Å². The molecule has 190 valence electrons. The first-order valence-corrected chi connectivity index (χ1v) is 13.1. The van der Waals surface area contributed by atoms with Crippen molar-refractivity contribution in [3.8, 4) is 0 Å². The summed E-state index contributed by atoms with van der Waals surface area (Å²) in [6.07, 6.45) is 8.99. The number of amides is 1. The van der Waals surface area contributed by atoms with Crippen molar-refractivity contribution in [1.29, 1.82) is 0 Å². The fourth-order valence-electron chi connectivity index (χ4n) is 5.94. The van der Waals surface area contributed by atoms with Crippen LogP contribution < -0.4 is 15.5 Å². The number of piperidine rings is 1. The Hall–Kier alpha value is -3.39. The lowest BCUT2D eigenvalue weighted by atomic mass is 9.88. The number of hydrogen-bond donors (Lipinski definition) is 2. The Morgan fingerprint density at radius 3 is 2.56 bits per heavy atom. The Bertz CT molecular complexity index is 1220. The third-order valence-electron chi connectivity index (χ3n) is 7.74. The van der Waals surface area contributed by atoms with Gasteiger partial charge in [0.25, 0.3) is 5.69 Å². The van der Waals surface area contributed by atoms with Crippen molar-refractivity contribution in [2.75, 3.05) is 18.0 Å². The summed E-state index contributed by atoms with van der Waals surface area (Å²) in [7, 11) is 2.02. The molecule has 2 N–H and O–H groups in total. The van der Waals surface area contributed by atoms with Gasteiger partial charge in [-0.25, -0.2) is 0 Å². The zero-order chi connectivity index (χ0) is 25.1. The molecule has 1 saturated heterocycles. The van der Waals surface area contributed by atoms with Gasteiger partial charge in [-0.05, 0) is 49.4 Å². The number of nitrogens with one attached hydrogen (secondary N) is 2. The average Bonchev–Trinajstić information content (AvgIpc) is 3.20. The molecule has 2 aliphatic rings. The number of hydrogen-bond acceptors (Lipinski definition) is 5. The minimum atomic E-state index is -0.359. The van der Waals surface area contributed by atoms with E-state index in [2.05, 4.69) is 38.4 Å². The van der Waals surface area contributed by atoms with Gasteiger partial charge in [-0.1, -0.05) is 31.0 Å². The van der Waals surface area contributed by atoms with Crippen molar-refractivity contribution in [2.24, 2.45) is 7.05 Å². The number of carbonyl (C=O) groups excluding carboxylic acids is 1. The zero-order valence-electron chi connectivity index (χ0n) is 20.9. The van der Waals surface area contributed by atoms with Crippen LogP contribution in [-0.2, 0) is 18.3 Å². The quantitative estimate of drug-likeness (QED) is 0.381. The van der Waals surface area contributed by atoms with Gasteiger partial charge in [0.05, 0.1) is 11.3 Å². The summed E-state index contributed by atoms with van der Waals surface area (Å²) >= 11 is 0. The molecular formula is C28H35N5O3. The Morgan fingerprint density at radius 1 is 1.03 bits per heavy atom. The summed E-state index contributed by atoms with van der Waals surface area (Å²) in [6.45, 7) is 1.82. The smallest absolute Gasteiger partial charge is 0.269 e. The van der Waals surface area contributed by atoms with Crippen molar-refractivity contribution < 1.29 is 9.72 Å². The molecule has 0 radical (unpaired) electrons. The molecule has 3 aromatic rings. The van der Waals surface area contributed by atoms with Gasteiger partial charge in [0.15, 0.2) is 0 Å². The number of non-ortho nitro benzene ring substituents is 1.